The van der Waals surface area contributed by atoms with Crippen molar-refractivity contribution >= 4 is 5.97 Å². The van der Waals surface area contributed by atoms with E-state index >= 15 is 0 Å². The summed E-state index contributed by atoms with van der Waals surface area (Å²) in [5, 5.41) is 45.0. The van der Waals surface area contributed by atoms with Gasteiger partial charge in [0.1, 0.15) is 30.8 Å². The van der Waals surface area contributed by atoms with Gasteiger partial charge in [-0.3, -0.25) is 5.32 Å². The van der Waals surface area contributed by atoms with Gasteiger partial charge in [-0.2, -0.15) is 0 Å². The zero-order valence-corrected chi connectivity index (χ0v) is 13.6. The Bertz CT molecular complexity index is 553. The third-order valence-electron chi connectivity index (χ3n) is 5.08. The SMILES string of the molecule is C=C[C@@H]1[C@@H]2CCOC(=O)C2=CN[C@H]1O[C@@H]1N[C@H](CO)[C@@H](O)[C@H](O)[C@H]1O. The molecule has 3 heterocycles. The summed E-state index contributed by atoms with van der Waals surface area (Å²) in [6.45, 7) is 3.70. The van der Waals surface area contributed by atoms with Gasteiger partial charge < -0.3 is 35.2 Å². The fraction of sp³-hybridized carbons (Fsp3) is 0.688. The van der Waals surface area contributed by atoms with E-state index < -0.39 is 43.4 Å². The summed E-state index contributed by atoms with van der Waals surface area (Å²) in [6, 6.07) is -0.829. The van der Waals surface area contributed by atoms with Crippen LogP contribution in [0.2, 0.25) is 0 Å². The molecule has 140 valence electrons. The van der Waals surface area contributed by atoms with Crippen LogP contribution >= 0.6 is 0 Å². The largest absolute Gasteiger partial charge is 0.462 e. The van der Waals surface area contributed by atoms with E-state index in [0.29, 0.717) is 18.6 Å². The van der Waals surface area contributed by atoms with E-state index in [1.54, 1.807) is 12.3 Å². The average molecular weight is 356 g/mol. The quantitative estimate of drug-likeness (QED) is 0.239. The minimum Gasteiger partial charge on any atom is -0.462 e. The number of hydrogen-bond acceptors (Lipinski definition) is 9. The first kappa shape index (κ1) is 18.3. The van der Waals surface area contributed by atoms with Crippen molar-refractivity contribution in [1.82, 2.24) is 10.6 Å². The van der Waals surface area contributed by atoms with Crippen molar-refractivity contribution in [1.29, 1.82) is 0 Å². The van der Waals surface area contributed by atoms with Crippen LogP contribution in [0.1, 0.15) is 6.42 Å². The average Bonchev–Trinajstić information content (AvgIpc) is 2.62. The Hall–Kier alpha value is -1.49. The van der Waals surface area contributed by atoms with Gasteiger partial charge in [0, 0.05) is 18.0 Å². The molecule has 0 aromatic carbocycles. The molecule has 3 aliphatic heterocycles. The lowest BCUT2D eigenvalue weighted by molar-refractivity contribution is -0.202. The van der Waals surface area contributed by atoms with Crippen molar-refractivity contribution in [2.45, 2.75) is 43.2 Å². The molecule has 0 aromatic rings. The highest BCUT2D eigenvalue weighted by molar-refractivity contribution is 5.90. The Labute approximate surface area is 144 Å². The number of fused-ring (bicyclic) bond motifs is 1. The molecular formula is C16H24N2O7. The molecule has 2 fully saturated rings. The number of carbonyl (C=O) groups excluding carboxylic acids is 1. The van der Waals surface area contributed by atoms with Crippen LogP contribution in [0.3, 0.4) is 0 Å². The van der Waals surface area contributed by atoms with Crippen LogP contribution in [0.5, 0.6) is 0 Å². The first-order chi connectivity index (χ1) is 12.0. The molecular weight excluding hydrogens is 332 g/mol. The number of nitrogens with one attached hydrogen (secondary N) is 2. The zero-order chi connectivity index (χ0) is 18.1. The summed E-state index contributed by atoms with van der Waals surface area (Å²) >= 11 is 0. The molecule has 2 saturated heterocycles. The second-order valence-electron chi connectivity index (χ2n) is 6.52. The molecule has 0 aliphatic carbocycles. The van der Waals surface area contributed by atoms with Crippen molar-refractivity contribution in [3.05, 3.63) is 24.4 Å². The minimum atomic E-state index is -1.45. The Balaban J connectivity index is 1.75. The molecule has 0 radical (unpaired) electrons. The van der Waals surface area contributed by atoms with Gasteiger partial charge in [0.15, 0.2) is 0 Å². The molecule has 0 aromatic heterocycles. The minimum absolute atomic E-state index is 0.116. The molecule has 0 unspecified atom stereocenters. The Kier molecular flexibility index (Phi) is 5.42. The maximum atomic E-state index is 11.9. The summed E-state index contributed by atoms with van der Waals surface area (Å²) in [5.74, 6) is -0.739. The number of esters is 1. The van der Waals surface area contributed by atoms with Crippen LogP contribution in [0.4, 0.5) is 0 Å². The van der Waals surface area contributed by atoms with Crippen molar-refractivity contribution < 1.29 is 34.7 Å². The second kappa shape index (κ2) is 7.40. The molecule has 9 nitrogen and oxygen atoms in total. The van der Waals surface area contributed by atoms with Gasteiger partial charge in [-0.25, -0.2) is 4.79 Å². The van der Waals surface area contributed by atoms with Crippen LogP contribution in [0, 0.1) is 11.8 Å². The van der Waals surface area contributed by atoms with E-state index in [1.807, 2.05) is 0 Å². The van der Waals surface area contributed by atoms with Gasteiger partial charge >= 0.3 is 5.97 Å². The lowest BCUT2D eigenvalue weighted by Gasteiger charge is -2.44. The number of cyclic esters (lactones) is 1. The standard InChI is InChI=1S/C16H24N2O7/c1-2-7-8-3-4-24-16(23)9(8)5-17-14(7)25-15-13(22)12(21)11(20)10(6-19)18-15/h2,5,7-8,10-15,17-22H,1,3-4,6H2/t7-,8+,10-,11-,12+,13-,14+,15+/m1/s1. The third kappa shape index (κ3) is 3.31. The molecule has 9 heteroatoms. The maximum Gasteiger partial charge on any atom is 0.335 e. The van der Waals surface area contributed by atoms with Gasteiger partial charge in [0.05, 0.1) is 24.8 Å². The van der Waals surface area contributed by atoms with E-state index in [0.717, 1.165) is 0 Å². The Morgan fingerprint density at radius 3 is 2.72 bits per heavy atom. The molecule has 6 N–H and O–H groups in total. The first-order valence-electron chi connectivity index (χ1n) is 8.30. The van der Waals surface area contributed by atoms with E-state index in [4.69, 9.17) is 9.47 Å². The van der Waals surface area contributed by atoms with Gasteiger partial charge in [0.25, 0.3) is 0 Å². The number of piperidine rings is 1. The molecule has 25 heavy (non-hydrogen) atoms. The van der Waals surface area contributed by atoms with Gasteiger partial charge in [-0.05, 0) is 6.42 Å². The number of carbonyl (C=O) groups is 1. The van der Waals surface area contributed by atoms with Crippen molar-refractivity contribution in [3.63, 3.8) is 0 Å². The topological polar surface area (TPSA) is 141 Å². The lowest BCUT2D eigenvalue weighted by Crippen LogP contribution is -2.67. The summed E-state index contributed by atoms with van der Waals surface area (Å²) in [7, 11) is 0. The smallest absolute Gasteiger partial charge is 0.335 e. The van der Waals surface area contributed by atoms with E-state index in [-0.39, 0.29) is 17.8 Å². The van der Waals surface area contributed by atoms with Crippen LogP contribution in [0.15, 0.2) is 24.4 Å². The van der Waals surface area contributed by atoms with Crippen LogP contribution in [0.25, 0.3) is 0 Å². The Morgan fingerprint density at radius 2 is 2.04 bits per heavy atom. The number of rotatable bonds is 4. The number of aliphatic hydroxyl groups excluding tert-OH is 4. The normalized spacial score (nSPS) is 44.2. The number of hydrogen-bond donors (Lipinski definition) is 6. The molecule has 0 spiro atoms. The van der Waals surface area contributed by atoms with Gasteiger partial charge in [-0.1, -0.05) is 6.08 Å². The molecule has 3 aliphatic rings. The second-order valence-corrected chi connectivity index (χ2v) is 6.52. The van der Waals surface area contributed by atoms with Gasteiger partial charge in [0.2, 0.25) is 0 Å². The van der Waals surface area contributed by atoms with Crippen LogP contribution in [-0.2, 0) is 14.3 Å². The fourth-order valence-corrected chi connectivity index (χ4v) is 3.61. The zero-order valence-electron chi connectivity index (χ0n) is 13.6. The molecule has 3 rings (SSSR count). The summed E-state index contributed by atoms with van der Waals surface area (Å²) in [6.07, 6.45) is -1.91. The highest BCUT2D eigenvalue weighted by Crippen LogP contribution is 2.35. The fourth-order valence-electron chi connectivity index (χ4n) is 3.61. The Morgan fingerprint density at radius 1 is 1.28 bits per heavy atom. The third-order valence-corrected chi connectivity index (χ3v) is 5.08. The van der Waals surface area contributed by atoms with Crippen LogP contribution in [-0.4, -0.2) is 76.4 Å². The number of ether oxygens (including phenoxy) is 2. The molecule has 0 saturated carbocycles. The summed E-state index contributed by atoms with van der Waals surface area (Å²) in [4.78, 5) is 11.9. The number of aliphatic hydroxyl groups is 4. The predicted molar refractivity (Wildman–Crippen MR) is 84.7 cm³/mol. The summed E-state index contributed by atoms with van der Waals surface area (Å²) < 4.78 is 10.9. The van der Waals surface area contributed by atoms with Crippen molar-refractivity contribution in [3.8, 4) is 0 Å². The van der Waals surface area contributed by atoms with Gasteiger partial charge in [-0.15, -0.1) is 6.58 Å². The molecule has 0 amide bonds. The highest BCUT2D eigenvalue weighted by Gasteiger charge is 2.46. The highest BCUT2D eigenvalue weighted by atomic mass is 16.5. The van der Waals surface area contributed by atoms with E-state index in [2.05, 4.69) is 17.2 Å². The summed E-state index contributed by atoms with van der Waals surface area (Å²) in [5.41, 5.74) is 0.525. The monoisotopic (exact) mass is 356 g/mol. The predicted octanol–water partition coefficient (Wildman–Crippen LogP) is -2.45. The molecule has 0 bridgehead atoms. The van der Waals surface area contributed by atoms with E-state index in [1.165, 1.54) is 0 Å². The van der Waals surface area contributed by atoms with Crippen molar-refractivity contribution in [2.75, 3.05) is 13.2 Å². The van der Waals surface area contributed by atoms with E-state index in [9.17, 15) is 25.2 Å². The molecule has 8 atom stereocenters. The maximum absolute atomic E-state index is 11.9. The van der Waals surface area contributed by atoms with Crippen molar-refractivity contribution in [2.24, 2.45) is 11.8 Å². The van der Waals surface area contributed by atoms with Crippen LogP contribution < -0.4 is 10.6 Å². The first-order valence-corrected chi connectivity index (χ1v) is 8.30. The lowest BCUT2D eigenvalue weighted by atomic mass is 9.79.